The van der Waals surface area contributed by atoms with E-state index in [0.717, 1.165) is 80.1 Å². The zero-order valence-electron chi connectivity index (χ0n) is 27.1. The number of carboxylic acids is 1. The maximum absolute atomic E-state index is 12.8. The maximum Gasteiger partial charge on any atom is 0.337 e. The fraction of sp³-hybridized carbons (Fsp3) is 0.500. The molecule has 5 rings (SSSR count). The van der Waals surface area contributed by atoms with E-state index in [1.807, 2.05) is 52.8 Å². The quantitative estimate of drug-likeness (QED) is 0.279. The number of hydrogen-bond acceptors (Lipinski definition) is 5. The lowest BCUT2D eigenvalue weighted by Gasteiger charge is -2.41. The molecule has 0 bridgehead atoms. The molecular weight excluding hydrogens is 593 g/mol. The van der Waals surface area contributed by atoms with Crippen molar-refractivity contribution in [1.29, 1.82) is 0 Å². The third-order valence-corrected chi connectivity index (χ3v) is 9.69. The topological polar surface area (TPSA) is 65.9 Å². The first-order valence-corrected chi connectivity index (χ1v) is 16.3. The number of benzene rings is 2. The van der Waals surface area contributed by atoms with E-state index >= 15 is 0 Å². The first-order chi connectivity index (χ1) is 20.6. The minimum atomic E-state index is -1.13. The van der Waals surface area contributed by atoms with Crippen LogP contribution in [-0.2, 0) is 29.0 Å². The number of fused-ring (bicyclic) bond motifs is 1. The van der Waals surface area contributed by atoms with Gasteiger partial charge >= 0.3 is 5.97 Å². The van der Waals surface area contributed by atoms with Crippen LogP contribution < -0.4 is 4.90 Å². The lowest BCUT2D eigenvalue weighted by Crippen LogP contribution is -2.39. The predicted molar refractivity (Wildman–Crippen MR) is 180 cm³/mol. The van der Waals surface area contributed by atoms with Gasteiger partial charge in [0.2, 0.25) is 0 Å². The van der Waals surface area contributed by atoms with Crippen LogP contribution in [0.2, 0.25) is 10.0 Å². The molecule has 2 aromatic carbocycles. The third-order valence-electron chi connectivity index (χ3n) is 8.95. The Kier molecular flexibility index (Phi) is 9.40. The van der Waals surface area contributed by atoms with Gasteiger partial charge in [-0.15, -0.1) is 0 Å². The molecule has 1 aromatic heterocycles. The number of aryl methyl sites for hydroxylation is 2. The summed E-state index contributed by atoms with van der Waals surface area (Å²) in [6, 6.07) is 12.6. The molecular formula is C36H45Cl2N3O3. The molecule has 3 aromatic rings. The van der Waals surface area contributed by atoms with Gasteiger partial charge in [-0.1, -0.05) is 61.3 Å². The molecule has 1 unspecified atom stereocenters. The van der Waals surface area contributed by atoms with E-state index in [1.54, 1.807) is 0 Å². The Hall–Kier alpha value is -2.64. The van der Waals surface area contributed by atoms with E-state index in [2.05, 4.69) is 41.8 Å². The van der Waals surface area contributed by atoms with Crippen molar-refractivity contribution in [2.45, 2.75) is 92.5 Å². The summed E-state index contributed by atoms with van der Waals surface area (Å²) in [6.45, 7) is 18.6. The Balaban J connectivity index is 1.56. The molecule has 44 heavy (non-hydrogen) atoms. The molecule has 1 saturated heterocycles. The summed E-state index contributed by atoms with van der Waals surface area (Å²) in [4.78, 5) is 22.6. The summed E-state index contributed by atoms with van der Waals surface area (Å²) in [5.41, 5.74) is 8.70. The number of halogens is 2. The number of aromatic nitrogens is 1. The molecule has 236 valence electrons. The van der Waals surface area contributed by atoms with Gasteiger partial charge in [0.15, 0.2) is 6.10 Å². The van der Waals surface area contributed by atoms with Crippen LogP contribution in [0.1, 0.15) is 87.2 Å². The Bertz CT molecular complexity index is 1550. The van der Waals surface area contributed by atoms with E-state index in [0.29, 0.717) is 21.3 Å². The number of piperidine rings is 1. The smallest absolute Gasteiger partial charge is 0.337 e. The average molecular weight is 639 g/mol. The van der Waals surface area contributed by atoms with Crippen LogP contribution in [0.5, 0.6) is 0 Å². The Morgan fingerprint density at radius 1 is 1.00 bits per heavy atom. The SMILES string of the molecule is Cc1nc(C)c(C(OC(C)(C)C)C(=O)O)c(N2CCC(C)(C)CC2)c1-c1ccc2c(c1)CCN(Cc1ccc(Cl)c(Cl)c1)C2. The molecule has 0 spiro atoms. The molecule has 3 heterocycles. The Morgan fingerprint density at radius 3 is 2.34 bits per heavy atom. The van der Waals surface area contributed by atoms with Crippen LogP contribution in [0.25, 0.3) is 11.1 Å². The summed E-state index contributed by atoms with van der Waals surface area (Å²) in [7, 11) is 0. The van der Waals surface area contributed by atoms with Gasteiger partial charge in [0, 0.05) is 55.2 Å². The van der Waals surface area contributed by atoms with Crippen molar-refractivity contribution >= 4 is 34.9 Å². The molecule has 8 heteroatoms. The number of carbonyl (C=O) groups is 1. The second-order valence-electron chi connectivity index (χ2n) is 14.2. The molecule has 0 aliphatic carbocycles. The van der Waals surface area contributed by atoms with Crippen molar-refractivity contribution in [3.63, 3.8) is 0 Å². The second kappa shape index (κ2) is 12.6. The van der Waals surface area contributed by atoms with Crippen LogP contribution >= 0.6 is 23.2 Å². The van der Waals surface area contributed by atoms with Crippen molar-refractivity contribution in [1.82, 2.24) is 9.88 Å². The van der Waals surface area contributed by atoms with Gasteiger partial charge in [-0.3, -0.25) is 9.88 Å². The molecule has 1 fully saturated rings. The van der Waals surface area contributed by atoms with Gasteiger partial charge in [-0.2, -0.15) is 0 Å². The Labute approximate surface area is 272 Å². The van der Waals surface area contributed by atoms with Crippen LogP contribution in [0.4, 0.5) is 5.69 Å². The van der Waals surface area contributed by atoms with Crippen LogP contribution in [0, 0.1) is 19.3 Å². The molecule has 6 nitrogen and oxygen atoms in total. The van der Waals surface area contributed by atoms with Crippen molar-refractivity contribution in [2.75, 3.05) is 24.5 Å². The van der Waals surface area contributed by atoms with Crippen molar-refractivity contribution in [3.8, 4) is 11.1 Å². The first-order valence-electron chi connectivity index (χ1n) is 15.6. The number of pyridine rings is 1. The minimum absolute atomic E-state index is 0.247. The monoisotopic (exact) mass is 637 g/mol. The highest BCUT2D eigenvalue weighted by Crippen LogP contribution is 2.45. The van der Waals surface area contributed by atoms with Crippen molar-refractivity contribution in [3.05, 3.63) is 80.1 Å². The third kappa shape index (κ3) is 7.25. The van der Waals surface area contributed by atoms with E-state index < -0.39 is 17.7 Å². The van der Waals surface area contributed by atoms with E-state index in [9.17, 15) is 9.90 Å². The highest BCUT2D eigenvalue weighted by Gasteiger charge is 2.36. The summed E-state index contributed by atoms with van der Waals surface area (Å²) in [5.74, 6) is -0.995. The van der Waals surface area contributed by atoms with Crippen LogP contribution in [-0.4, -0.2) is 46.2 Å². The van der Waals surface area contributed by atoms with E-state index in [1.165, 1.54) is 11.1 Å². The zero-order chi connectivity index (χ0) is 32.0. The number of hydrogen-bond donors (Lipinski definition) is 1. The number of anilines is 1. The second-order valence-corrected chi connectivity index (χ2v) is 15.0. The normalized spacial score (nSPS) is 17.8. The highest BCUT2D eigenvalue weighted by molar-refractivity contribution is 6.42. The summed E-state index contributed by atoms with van der Waals surface area (Å²) in [6.07, 6.45) is 1.86. The molecule has 0 amide bonds. The number of aliphatic carboxylic acids is 1. The van der Waals surface area contributed by atoms with Crippen LogP contribution in [0.3, 0.4) is 0 Å². The number of carboxylic acid groups (broad SMARTS) is 1. The lowest BCUT2D eigenvalue weighted by molar-refractivity contribution is -0.160. The minimum Gasteiger partial charge on any atom is -0.479 e. The van der Waals surface area contributed by atoms with Crippen LogP contribution in [0.15, 0.2) is 36.4 Å². The molecule has 2 aliphatic rings. The van der Waals surface area contributed by atoms with Crippen molar-refractivity contribution in [2.24, 2.45) is 5.41 Å². The van der Waals surface area contributed by atoms with E-state index in [-0.39, 0.29) is 5.41 Å². The maximum atomic E-state index is 12.8. The summed E-state index contributed by atoms with van der Waals surface area (Å²) in [5, 5.41) is 11.6. The molecule has 0 saturated carbocycles. The van der Waals surface area contributed by atoms with Gasteiger partial charge in [0.05, 0.1) is 21.3 Å². The fourth-order valence-electron chi connectivity index (χ4n) is 6.55. The first kappa shape index (κ1) is 32.7. The van der Waals surface area contributed by atoms with Gasteiger partial charge in [0.25, 0.3) is 0 Å². The number of nitrogens with zero attached hydrogens (tertiary/aromatic N) is 3. The number of ether oxygens (including phenoxy) is 1. The largest absolute Gasteiger partial charge is 0.479 e. The standard InChI is InChI=1S/C36H45Cl2N3O3/c1-22-30(26-9-10-27-21-40(15-12-25(27)19-26)20-24-8-11-28(37)29(38)18-24)32(41-16-13-36(6,7)14-17-41)31(23(2)39-22)33(34(42)43)44-35(3,4)5/h8-11,18-19,33H,12-17,20-21H2,1-7H3,(H,42,43). The predicted octanol–water partition coefficient (Wildman–Crippen LogP) is 8.80. The molecule has 2 aliphatic heterocycles. The summed E-state index contributed by atoms with van der Waals surface area (Å²) < 4.78 is 6.25. The Morgan fingerprint density at radius 2 is 1.70 bits per heavy atom. The van der Waals surface area contributed by atoms with Crippen molar-refractivity contribution < 1.29 is 14.6 Å². The molecule has 1 atom stereocenters. The van der Waals surface area contributed by atoms with Gasteiger partial charge in [0.1, 0.15) is 0 Å². The highest BCUT2D eigenvalue weighted by atomic mass is 35.5. The van der Waals surface area contributed by atoms with Gasteiger partial charge < -0.3 is 14.7 Å². The van der Waals surface area contributed by atoms with Gasteiger partial charge in [-0.05, 0) is 93.7 Å². The lowest BCUT2D eigenvalue weighted by atomic mass is 9.81. The summed E-state index contributed by atoms with van der Waals surface area (Å²) >= 11 is 12.4. The molecule has 1 N–H and O–H groups in total. The van der Waals surface area contributed by atoms with E-state index in [4.69, 9.17) is 32.9 Å². The number of rotatable bonds is 7. The van der Waals surface area contributed by atoms with Gasteiger partial charge in [-0.25, -0.2) is 4.79 Å². The fourth-order valence-corrected chi connectivity index (χ4v) is 6.87. The molecule has 0 radical (unpaired) electrons. The average Bonchev–Trinajstić information content (AvgIpc) is 2.93. The zero-order valence-corrected chi connectivity index (χ0v) is 28.6.